The number of ether oxygens (including phenoxy) is 1. The molecular weight excluding hydrogens is 292 g/mol. The van der Waals surface area contributed by atoms with Crippen LogP contribution in [-0.4, -0.2) is 24.2 Å². The molecule has 1 aromatic rings. The number of nitrogens with one attached hydrogen (secondary N) is 2. The van der Waals surface area contributed by atoms with Crippen LogP contribution in [0.2, 0.25) is 0 Å². The lowest BCUT2D eigenvalue weighted by molar-refractivity contribution is 0.0601. The number of carbonyl (C=O) groups excluding carboxylic acids is 1. The van der Waals surface area contributed by atoms with E-state index >= 15 is 0 Å². The van der Waals surface area contributed by atoms with E-state index < -0.39 is 0 Å². The number of aryl methyl sites for hydroxylation is 1. The highest BCUT2D eigenvalue weighted by atomic mass is 32.1. The summed E-state index contributed by atoms with van der Waals surface area (Å²) >= 11 is 6.89. The van der Waals surface area contributed by atoms with E-state index in [1.807, 2.05) is 13.8 Å². The molecule has 6 heteroatoms. The second kappa shape index (κ2) is 6.54. The van der Waals surface area contributed by atoms with Gasteiger partial charge in [0.1, 0.15) is 5.00 Å². The Labute approximate surface area is 128 Å². The molecule has 0 saturated carbocycles. The normalized spacial score (nSPS) is 13.8. The van der Waals surface area contributed by atoms with E-state index in [0.717, 1.165) is 29.8 Å². The van der Waals surface area contributed by atoms with Crippen molar-refractivity contribution in [1.82, 2.24) is 5.32 Å². The first-order valence-electron chi connectivity index (χ1n) is 6.83. The SMILES string of the molecule is COC(=O)c1c(NC(=S)NC(C)C)sc2c1CCCC2. The van der Waals surface area contributed by atoms with Crippen molar-refractivity contribution in [3.63, 3.8) is 0 Å². The Bertz CT molecular complexity index is 523. The van der Waals surface area contributed by atoms with Gasteiger partial charge in [0.2, 0.25) is 0 Å². The summed E-state index contributed by atoms with van der Waals surface area (Å²) in [5.41, 5.74) is 1.81. The average Bonchev–Trinajstić information content (AvgIpc) is 2.74. The molecule has 1 aliphatic rings. The quantitative estimate of drug-likeness (QED) is 0.663. The van der Waals surface area contributed by atoms with Crippen molar-refractivity contribution < 1.29 is 9.53 Å². The number of esters is 1. The fourth-order valence-electron chi connectivity index (χ4n) is 2.37. The summed E-state index contributed by atoms with van der Waals surface area (Å²) in [5.74, 6) is -0.278. The zero-order valence-corrected chi connectivity index (χ0v) is 13.7. The van der Waals surface area contributed by atoms with Crippen LogP contribution >= 0.6 is 23.6 Å². The van der Waals surface area contributed by atoms with Crippen LogP contribution in [0.3, 0.4) is 0 Å². The molecule has 0 unspecified atom stereocenters. The molecule has 0 bridgehead atoms. The second-order valence-electron chi connectivity index (χ2n) is 5.16. The van der Waals surface area contributed by atoms with Gasteiger partial charge >= 0.3 is 5.97 Å². The number of thiophene rings is 1. The molecule has 2 N–H and O–H groups in total. The van der Waals surface area contributed by atoms with Crippen molar-refractivity contribution in [1.29, 1.82) is 0 Å². The maximum atomic E-state index is 12.1. The molecule has 0 saturated heterocycles. The van der Waals surface area contributed by atoms with Crippen molar-refractivity contribution in [2.75, 3.05) is 12.4 Å². The molecule has 1 aromatic heterocycles. The largest absolute Gasteiger partial charge is 0.465 e. The van der Waals surface area contributed by atoms with Crippen LogP contribution in [0, 0.1) is 0 Å². The Morgan fingerprint density at radius 3 is 2.70 bits per heavy atom. The Kier molecular flexibility index (Phi) is 4.99. The van der Waals surface area contributed by atoms with Crippen LogP contribution in [0.25, 0.3) is 0 Å². The molecular formula is C14H20N2O2S2. The summed E-state index contributed by atoms with van der Waals surface area (Å²) in [4.78, 5) is 13.3. The van der Waals surface area contributed by atoms with Crippen LogP contribution in [0.1, 0.15) is 47.5 Å². The van der Waals surface area contributed by atoms with Crippen LogP contribution in [0.4, 0.5) is 5.00 Å². The molecule has 1 heterocycles. The Hall–Kier alpha value is -1.14. The molecule has 0 fully saturated rings. The van der Waals surface area contributed by atoms with E-state index in [2.05, 4.69) is 10.6 Å². The fourth-order valence-corrected chi connectivity index (χ4v) is 4.06. The summed E-state index contributed by atoms with van der Waals surface area (Å²) in [6.07, 6.45) is 4.29. The second-order valence-corrected chi connectivity index (χ2v) is 6.67. The van der Waals surface area contributed by atoms with Crippen LogP contribution in [0.15, 0.2) is 0 Å². The number of methoxy groups -OCH3 is 1. The molecule has 110 valence electrons. The third kappa shape index (κ3) is 3.30. The maximum absolute atomic E-state index is 12.1. The first-order valence-corrected chi connectivity index (χ1v) is 8.05. The maximum Gasteiger partial charge on any atom is 0.341 e. The lowest BCUT2D eigenvalue weighted by Gasteiger charge is -2.13. The van der Waals surface area contributed by atoms with Crippen molar-refractivity contribution in [2.45, 2.75) is 45.6 Å². The highest BCUT2D eigenvalue weighted by Gasteiger charge is 2.26. The molecule has 0 amide bonds. The summed E-state index contributed by atoms with van der Waals surface area (Å²) in [6, 6.07) is 0.256. The Balaban J connectivity index is 2.29. The highest BCUT2D eigenvalue weighted by molar-refractivity contribution is 7.80. The smallest absolute Gasteiger partial charge is 0.341 e. The lowest BCUT2D eigenvalue weighted by atomic mass is 9.95. The van der Waals surface area contributed by atoms with E-state index in [-0.39, 0.29) is 12.0 Å². The molecule has 0 radical (unpaired) electrons. The minimum atomic E-state index is -0.278. The van der Waals surface area contributed by atoms with Gasteiger partial charge in [-0.2, -0.15) is 0 Å². The van der Waals surface area contributed by atoms with Gasteiger partial charge < -0.3 is 15.4 Å². The number of hydrogen-bond acceptors (Lipinski definition) is 4. The molecule has 0 aromatic carbocycles. The summed E-state index contributed by atoms with van der Waals surface area (Å²) in [7, 11) is 1.42. The Morgan fingerprint density at radius 1 is 1.35 bits per heavy atom. The van der Waals surface area contributed by atoms with Gasteiger partial charge in [0.15, 0.2) is 5.11 Å². The van der Waals surface area contributed by atoms with Gasteiger partial charge in [-0.3, -0.25) is 0 Å². The van der Waals surface area contributed by atoms with E-state index in [1.165, 1.54) is 18.4 Å². The van der Waals surface area contributed by atoms with Gasteiger partial charge in [-0.1, -0.05) is 0 Å². The van der Waals surface area contributed by atoms with E-state index in [0.29, 0.717) is 10.7 Å². The first-order chi connectivity index (χ1) is 9.52. The predicted molar refractivity (Wildman–Crippen MR) is 86.8 cm³/mol. The fraction of sp³-hybridized carbons (Fsp3) is 0.571. The first kappa shape index (κ1) is 15.3. The highest BCUT2D eigenvalue weighted by Crippen LogP contribution is 2.38. The number of thiocarbonyl (C=S) groups is 1. The molecule has 0 atom stereocenters. The van der Waals surface area contributed by atoms with E-state index in [1.54, 1.807) is 11.3 Å². The molecule has 4 nitrogen and oxygen atoms in total. The predicted octanol–water partition coefficient (Wildman–Crippen LogP) is 3.11. The van der Waals surface area contributed by atoms with Crippen LogP contribution < -0.4 is 10.6 Å². The summed E-state index contributed by atoms with van der Waals surface area (Å²) in [6.45, 7) is 4.04. The molecule has 1 aliphatic carbocycles. The standard InChI is InChI=1S/C14H20N2O2S2/c1-8(2)15-14(19)16-12-11(13(17)18-3)9-6-4-5-7-10(9)20-12/h8H,4-7H2,1-3H3,(H2,15,16,19). The van der Waals surface area contributed by atoms with Gasteiger partial charge in [-0.25, -0.2) is 4.79 Å². The van der Waals surface area contributed by atoms with Crippen molar-refractivity contribution >= 4 is 39.6 Å². The minimum Gasteiger partial charge on any atom is -0.465 e. The monoisotopic (exact) mass is 312 g/mol. The van der Waals surface area contributed by atoms with Gasteiger partial charge in [-0.15, -0.1) is 11.3 Å². The molecule has 0 spiro atoms. The third-order valence-corrected chi connectivity index (χ3v) is 4.63. The van der Waals surface area contributed by atoms with Crippen molar-refractivity contribution in [3.8, 4) is 0 Å². The summed E-state index contributed by atoms with van der Waals surface area (Å²) in [5, 5.41) is 7.64. The molecule has 20 heavy (non-hydrogen) atoms. The van der Waals surface area contributed by atoms with Crippen LogP contribution in [-0.2, 0) is 17.6 Å². The number of hydrogen-bond donors (Lipinski definition) is 2. The van der Waals surface area contributed by atoms with E-state index in [4.69, 9.17) is 17.0 Å². The number of rotatable bonds is 3. The number of anilines is 1. The van der Waals surface area contributed by atoms with Gasteiger partial charge in [-0.05, 0) is 57.3 Å². The topological polar surface area (TPSA) is 50.4 Å². The molecule has 0 aliphatic heterocycles. The van der Waals surface area contributed by atoms with Gasteiger partial charge in [0.25, 0.3) is 0 Å². The zero-order valence-electron chi connectivity index (χ0n) is 12.0. The minimum absolute atomic E-state index is 0.256. The number of carbonyl (C=O) groups is 1. The van der Waals surface area contributed by atoms with E-state index in [9.17, 15) is 4.79 Å². The lowest BCUT2D eigenvalue weighted by Crippen LogP contribution is -2.34. The average molecular weight is 312 g/mol. The van der Waals surface area contributed by atoms with Gasteiger partial charge in [0.05, 0.1) is 12.7 Å². The zero-order chi connectivity index (χ0) is 14.7. The molecule has 2 rings (SSSR count). The summed E-state index contributed by atoms with van der Waals surface area (Å²) < 4.78 is 4.93. The third-order valence-electron chi connectivity index (χ3n) is 3.21. The van der Waals surface area contributed by atoms with Gasteiger partial charge in [0, 0.05) is 10.9 Å². The van der Waals surface area contributed by atoms with Crippen LogP contribution in [0.5, 0.6) is 0 Å². The number of fused-ring (bicyclic) bond motifs is 1. The van der Waals surface area contributed by atoms with Crippen molar-refractivity contribution in [3.05, 3.63) is 16.0 Å². The van der Waals surface area contributed by atoms with Crippen molar-refractivity contribution in [2.24, 2.45) is 0 Å². The Morgan fingerprint density at radius 2 is 2.05 bits per heavy atom.